The first-order valence-electron chi connectivity index (χ1n) is 6.85. The minimum Gasteiger partial charge on any atom is -0.476 e. The third-order valence-electron chi connectivity index (χ3n) is 3.72. The lowest BCUT2D eigenvalue weighted by atomic mass is 10.1. The van der Waals surface area contributed by atoms with Crippen LogP contribution in [0.25, 0.3) is 10.1 Å². The second-order valence-electron chi connectivity index (χ2n) is 5.39. The maximum Gasteiger partial charge on any atom is 0.358 e. The van der Waals surface area contributed by atoms with Crippen LogP contribution >= 0.6 is 11.3 Å². The summed E-state index contributed by atoms with van der Waals surface area (Å²) in [5.41, 5.74) is 1.41. The Labute approximate surface area is 124 Å². The second-order valence-corrected chi connectivity index (χ2v) is 6.56. The smallest absolute Gasteiger partial charge is 0.358 e. The Kier molecular flexibility index (Phi) is 2.78. The molecule has 4 rings (SSSR count). The number of benzene rings is 1. The number of nitrogens with zero attached hydrogens (tertiary/aromatic N) is 3. The normalized spacial score (nSPS) is 14.7. The van der Waals surface area contributed by atoms with Crippen molar-refractivity contribution in [3.05, 3.63) is 46.6 Å². The molecule has 106 valence electrons. The van der Waals surface area contributed by atoms with E-state index in [1.54, 1.807) is 16.0 Å². The number of fused-ring (bicyclic) bond motifs is 1. The van der Waals surface area contributed by atoms with E-state index >= 15 is 0 Å². The van der Waals surface area contributed by atoms with E-state index in [-0.39, 0.29) is 5.69 Å². The molecule has 6 heteroatoms. The quantitative estimate of drug-likeness (QED) is 0.803. The Bertz CT molecular complexity index is 832. The van der Waals surface area contributed by atoms with Crippen molar-refractivity contribution >= 4 is 27.4 Å². The van der Waals surface area contributed by atoms with E-state index < -0.39 is 5.97 Å². The first-order chi connectivity index (χ1) is 10.2. The number of thiophene rings is 1. The van der Waals surface area contributed by atoms with Gasteiger partial charge in [-0.2, -0.15) is 0 Å². The van der Waals surface area contributed by atoms with Gasteiger partial charge >= 0.3 is 5.97 Å². The Morgan fingerprint density at radius 3 is 2.95 bits per heavy atom. The van der Waals surface area contributed by atoms with Crippen LogP contribution in [-0.4, -0.2) is 26.1 Å². The van der Waals surface area contributed by atoms with E-state index in [0.29, 0.717) is 6.54 Å². The number of rotatable bonds is 4. The molecule has 1 aromatic carbocycles. The van der Waals surface area contributed by atoms with Crippen LogP contribution in [-0.2, 0) is 6.54 Å². The lowest BCUT2D eigenvalue weighted by molar-refractivity contribution is 0.0690. The fourth-order valence-electron chi connectivity index (χ4n) is 2.48. The molecule has 2 heterocycles. The fraction of sp³-hybridized carbons (Fsp3) is 0.267. The topological polar surface area (TPSA) is 68.0 Å². The van der Waals surface area contributed by atoms with Crippen molar-refractivity contribution < 1.29 is 9.90 Å². The summed E-state index contributed by atoms with van der Waals surface area (Å²) in [5, 5.41) is 17.6. The lowest BCUT2D eigenvalue weighted by Gasteiger charge is -1.96. The lowest BCUT2D eigenvalue weighted by Crippen LogP contribution is -1.98. The average Bonchev–Trinajstić information content (AvgIpc) is 3.07. The van der Waals surface area contributed by atoms with Crippen molar-refractivity contribution in [3.8, 4) is 0 Å². The molecule has 0 radical (unpaired) electrons. The molecular formula is C15H13N3O2S. The number of hydrogen-bond acceptors (Lipinski definition) is 4. The van der Waals surface area contributed by atoms with E-state index in [9.17, 15) is 4.79 Å². The highest BCUT2D eigenvalue weighted by molar-refractivity contribution is 7.19. The Morgan fingerprint density at radius 1 is 1.38 bits per heavy atom. The van der Waals surface area contributed by atoms with Gasteiger partial charge in [-0.1, -0.05) is 17.3 Å². The summed E-state index contributed by atoms with van der Waals surface area (Å²) in [6, 6.07) is 8.81. The summed E-state index contributed by atoms with van der Waals surface area (Å²) in [6.45, 7) is 0.554. The van der Waals surface area contributed by atoms with Crippen molar-refractivity contribution in [2.75, 3.05) is 0 Å². The Hall–Kier alpha value is -2.21. The van der Waals surface area contributed by atoms with Crippen molar-refractivity contribution in [2.24, 2.45) is 0 Å². The monoisotopic (exact) mass is 299 g/mol. The summed E-state index contributed by atoms with van der Waals surface area (Å²) in [4.78, 5) is 12.0. The molecule has 1 aliphatic rings. The Morgan fingerprint density at radius 2 is 2.24 bits per heavy atom. The van der Waals surface area contributed by atoms with E-state index in [2.05, 4.69) is 34.6 Å². The first kappa shape index (κ1) is 12.5. The van der Waals surface area contributed by atoms with Crippen molar-refractivity contribution in [3.63, 3.8) is 0 Å². The van der Waals surface area contributed by atoms with Gasteiger partial charge in [0.2, 0.25) is 0 Å². The van der Waals surface area contributed by atoms with Crippen molar-refractivity contribution in [1.82, 2.24) is 15.0 Å². The molecule has 1 fully saturated rings. The van der Waals surface area contributed by atoms with Gasteiger partial charge in [-0.3, -0.25) is 0 Å². The number of carbonyl (C=O) groups is 1. The molecule has 3 aromatic rings. The van der Waals surface area contributed by atoms with Crippen LogP contribution in [0.3, 0.4) is 0 Å². The molecule has 0 saturated heterocycles. The molecule has 0 spiro atoms. The molecule has 1 aliphatic carbocycles. The second kappa shape index (κ2) is 4.66. The molecule has 0 atom stereocenters. The van der Waals surface area contributed by atoms with Gasteiger partial charge in [-0.25, -0.2) is 9.48 Å². The standard InChI is InChI=1S/C15H13N3O2S/c19-15(20)13-8-18(17-16-13)7-12-5-11-4-3-10(9-1-2-9)6-14(11)21-12/h3-6,8-9H,1-2,7H2,(H,19,20). The highest BCUT2D eigenvalue weighted by atomic mass is 32.1. The van der Waals surface area contributed by atoms with E-state index in [1.165, 1.54) is 34.7 Å². The average molecular weight is 299 g/mol. The van der Waals surface area contributed by atoms with Crippen LogP contribution in [0.5, 0.6) is 0 Å². The third kappa shape index (κ3) is 2.42. The van der Waals surface area contributed by atoms with Crippen molar-refractivity contribution in [1.29, 1.82) is 0 Å². The maximum absolute atomic E-state index is 10.8. The van der Waals surface area contributed by atoms with Gasteiger partial charge in [-0.15, -0.1) is 16.4 Å². The van der Waals surface area contributed by atoms with Crippen LogP contribution in [0.1, 0.15) is 39.7 Å². The number of hydrogen-bond donors (Lipinski definition) is 1. The van der Waals surface area contributed by atoms with Crippen molar-refractivity contribution in [2.45, 2.75) is 25.3 Å². The predicted octanol–water partition coefficient (Wildman–Crippen LogP) is 3.12. The molecule has 0 aliphatic heterocycles. The van der Waals surface area contributed by atoms with Gasteiger partial charge in [0.15, 0.2) is 5.69 Å². The molecule has 21 heavy (non-hydrogen) atoms. The SMILES string of the molecule is O=C(O)c1cn(Cc2cc3ccc(C4CC4)cc3s2)nn1. The third-order valence-corrected chi connectivity index (χ3v) is 4.80. The minimum absolute atomic E-state index is 0.0212. The van der Waals surface area contributed by atoms with Crippen LogP contribution in [0.4, 0.5) is 0 Å². The van der Waals surface area contributed by atoms with Crippen LogP contribution in [0.2, 0.25) is 0 Å². The molecule has 0 bridgehead atoms. The summed E-state index contributed by atoms with van der Waals surface area (Å²) in [6.07, 6.45) is 4.07. The zero-order valence-corrected chi connectivity index (χ0v) is 12.0. The fourth-order valence-corrected chi connectivity index (χ4v) is 3.59. The zero-order valence-electron chi connectivity index (χ0n) is 11.2. The highest BCUT2D eigenvalue weighted by Crippen LogP contribution is 2.41. The minimum atomic E-state index is -1.05. The van der Waals surface area contributed by atoms with Gasteiger partial charge in [0.1, 0.15) is 0 Å². The van der Waals surface area contributed by atoms with Crippen LogP contribution in [0.15, 0.2) is 30.5 Å². The molecule has 2 aromatic heterocycles. The number of carboxylic acid groups (broad SMARTS) is 1. The van der Waals surface area contributed by atoms with E-state index in [4.69, 9.17) is 5.11 Å². The summed E-state index contributed by atoms with van der Waals surface area (Å²) in [5.74, 6) is -0.292. The Balaban J connectivity index is 1.61. The number of carboxylic acids is 1. The van der Waals surface area contributed by atoms with Crippen LogP contribution in [0, 0.1) is 0 Å². The zero-order chi connectivity index (χ0) is 14.4. The van der Waals surface area contributed by atoms with E-state index in [0.717, 1.165) is 10.8 Å². The molecular weight excluding hydrogens is 286 g/mol. The van der Waals surface area contributed by atoms with Gasteiger partial charge in [-0.05, 0) is 41.8 Å². The molecule has 1 N–H and O–H groups in total. The largest absolute Gasteiger partial charge is 0.476 e. The van der Waals surface area contributed by atoms with Gasteiger partial charge in [0, 0.05) is 9.58 Å². The van der Waals surface area contributed by atoms with Gasteiger partial charge < -0.3 is 5.11 Å². The molecule has 0 unspecified atom stereocenters. The van der Waals surface area contributed by atoms with E-state index in [1.807, 2.05) is 0 Å². The summed E-state index contributed by atoms with van der Waals surface area (Å²) in [7, 11) is 0. The first-order valence-corrected chi connectivity index (χ1v) is 7.66. The summed E-state index contributed by atoms with van der Waals surface area (Å²) < 4.78 is 2.85. The van der Waals surface area contributed by atoms with Gasteiger partial charge in [0.05, 0.1) is 12.7 Å². The highest BCUT2D eigenvalue weighted by Gasteiger charge is 2.23. The van der Waals surface area contributed by atoms with Gasteiger partial charge in [0.25, 0.3) is 0 Å². The molecule has 1 saturated carbocycles. The molecule has 5 nitrogen and oxygen atoms in total. The predicted molar refractivity (Wildman–Crippen MR) is 79.9 cm³/mol. The number of aromatic nitrogens is 3. The van der Waals surface area contributed by atoms with Crippen LogP contribution < -0.4 is 0 Å². The molecule has 0 amide bonds. The maximum atomic E-state index is 10.8. The number of aromatic carboxylic acids is 1. The summed E-state index contributed by atoms with van der Waals surface area (Å²) >= 11 is 1.73.